The fraction of sp³-hybridized carbons (Fsp3) is 0.500. The summed E-state index contributed by atoms with van der Waals surface area (Å²) < 4.78 is 11.0. The summed E-state index contributed by atoms with van der Waals surface area (Å²) in [7, 11) is 0. The first-order valence-electron chi connectivity index (χ1n) is 6.17. The van der Waals surface area contributed by atoms with Gasteiger partial charge >= 0.3 is 5.97 Å². The van der Waals surface area contributed by atoms with Gasteiger partial charge in [-0.15, -0.1) is 0 Å². The Hall–Kier alpha value is -1.55. The number of hydrogen-bond donors (Lipinski definition) is 1. The fourth-order valence-electron chi connectivity index (χ4n) is 2.31. The van der Waals surface area contributed by atoms with E-state index in [0.717, 1.165) is 23.3 Å². The van der Waals surface area contributed by atoms with Gasteiger partial charge in [0.15, 0.2) is 0 Å². The van der Waals surface area contributed by atoms with Crippen LogP contribution < -0.4 is 4.74 Å². The van der Waals surface area contributed by atoms with Crippen LogP contribution in [0.1, 0.15) is 30.9 Å². The Balaban J connectivity index is 2.27. The molecule has 18 heavy (non-hydrogen) atoms. The van der Waals surface area contributed by atoms with Crippen molar-refractivity contribution in [2.45, 2.75) is 32.3 Å². The Bertz CT molecular complexity index is 449. The summed E-state index contributed by atoms with van der Waals surface area (Å²) >= 11 is 0. The standard InChI is InChI=1S/C14H18O4/c1-3-17-12-5-4-11(8-10(12)2)14(6-7-18-14)9-13(15)16/h4-5,8H,3,6-7,9H2,1-2H3,(H,15,16). The van der Waals surface area contributed by atoms with Crippen molar-refractivity contribution in [3.8, 4) is 5.75 Å². The number of benzene rings is 1. The molecular formula is C14H18O4. The predicted octanol–water partition coefficient (Wildman–Crippen LogP) is 2.48. The van der Waals surface area contributed by atoms with E-state index in [4.69, 9.17) is 14.6 Å². The first kappa shape index (κ1) is 12.9. The van der Waals surface area contributed by atoms with Gasteiger partial charge < -0.3 is 14.6 Å². The van der Waals surface area contributed by atoms with Crippen molar-refractivity contribution in [1.82, 2.24) is 0 Å². The SMILES string of the molecule is CCOc1ccc(C2(CC(=O)O)CCO2)cc1C. The maximum atomic E-state index is 10.9. The largest absolute Gasteiger partial charge is 0.494 e. The molecule has 0 radical (unpaired) electrons. The van der Waals surface area contributed by atoms with E-state index in [1.54, 1.807) is 0 Å². The Morgan fingerprint density at radius 2 is 2.28 bits per heavy atom. The van der Waals surface area contributed by atoms with Crippen LogP contribution in [0.2, 0.25) is 0 Å². The van der Waals surface area contributed by atoms with Crippen molar-refractivity contribution in [2.75, 3.05) is 13.2 Å². The number of aryl methyl sites for hydroxylation is 1. The molecule has 98 valence electrons. The summed E-state index contributed by atoms with van der Waals surface area (Å²) in [5, 5.41) is 8.98. The second-order valence-electron chi connectivity index (χ2n) is 4.58. The third-order valence-electron chi connectivity index (χ3n) is 3.32. The molecule has 1 atom stereocenters. The van der Waals surface area contributed by atoms with Gasteiger partial charge in [-0.25, -0.2) is 0 Å². The first-order valence-corrected chi connectivity index (χ1v) is 6.17. The van der Waals surface area contributed by atoms with Gasteiger partial charge in [-0.2, -0.15) is 0 Å². The molecule has 1 aliphatic heterocycles. The predicted molar refractivity (Wildman–Crippen MR) is 66.8 cm³/mol. The molecule has 2 rings (SSSR count). The van der Waals surface area contributed by atoms with Gasteiger partial charge in [0, 0.05) is 6.42 Å². The van der Waals surface area contributed by atoms with E-state index in [2.05, 4.69) is 0 Å². The average molecular weight is 250 g/mol. The molecule has 0 aromatic heterocycles. The topological polar surface area (TPSA) is 55.8 Å². The first-order chi connectivity index (χ1) is 8.57. The van der Waals surface area contributed by atoms with Crippen LogP contribution in [-0.4, -0.2) is 24.3 Å². The van der Waals surface area contributed by atoms with E-state index in [9.17, 15) is 4.79 Å². The lowest BCUT2D eigenvalue weighted by atomic mass is 9.83. The van der Waals surface area contributed by atoms with Crippen molar-refractivity contribution >= 4 is 5.97 Å². The van der Waals surface area contributed by atoms with Gasteiger partial charge in [0.1, 0.15) is 11.4 Å². The molecule has 1 aromatic rings. The van der Waals surface area contributed by atoms with Crippen molar-refractivity contribution in [1.29, 1.82) is 0 Å². The highest BCUT2D eigenvalue weighted by Gasteiger charge is 2.42. The normalized spacial score (nSPS) is 22.3. The highest BCUT2D eigenvalue weighted by atomic mass is 16.5. The summed E-state index contributed by atoms with van der Waals surface area (Å²) in [6.07, 6.45) is 0.771. The molecule has 1 heterocycles. The Kier molecular flexibility index (Phi) is 3.57. The van der Waals surface area contributed by atoms with E-state index < -0.39 is 11.6 Å². The molecule has 0 amide bonds. The van der Waals surface area contributed by atoms with Crippen LogP contribution in [0.25, 0.3) is 0 Å². The number of carboxylic acids is 1. The molecule has 0 spiro atoms. The molecule has 4 nitrogen and oxygen atoms in total. The lowest BCUT2D eigenvalue weighted by molar-refractivity contribution is -0.176. The monoisotopic (exact) mass is 250 g/mol. The number of ether oxygens (including phenoxy) is 2. The fourth-order valence-corrected chi connectivity index (χ4v) is 2.31. The number of hydrogen-bond acceptors (Lipinski definition) is 3. The van der Waals surface area contributed by atoms with Gasteiger partial charge in [0.05, 0.1) is 19.6 Å². The molecule has 0 aliphatic carbocycles. The molecule has 1 unspecified atom stereocenters. The van der Waals surface area contributed by atoms with E-state index in [0.29, 0.717) is 13.2 Å². The van der Waals surface area contributed by atoms with Crippen LogP contribution in [0, 0.1) is 6.92 Å². The third-order valence-corrected chi connectivity index (χ3v) is 3.32. The molecule has 1 aliphatic rings. The number of carbonyl (C=O) groups is 1. The van der Waals surface area contributed by atoms with Crippen LogP contribution in [0.3, 0.4) is 0 Å². The minimum absolute atomic E-state index is 0.0143. The van der Waals surface area contributed by atoms with Crippen LogP contribution in [0.5, 0.6) is 5.75 Å². The number of aliphatic carboxylic acids is 1. The van der Waals surface area contributed by atoms with Gasteiger partial charge in [-0.3, -0.25) is 4.79 Å². The number of carboxylic acid groups (broad SMARTS) is 1. The van der Waals surface area contributed by atoms with Crippen molar-refractivity contribution in [3.63, 3.8) is 0 Å². The van der Waals surface area contributed by atoms with Gasteiger partial charge in [-0.1, -0.05) is 6.07 Å². The van der Waals surface area contributed by atoms with E-state index in [1.807, 2.05) is 32.0 Å². The minimum Gasteiger partial charge on any atom is -0.494 e. The zero-order valence-corrected chi connectivity index (χ0v) is 10.7. The Labute approximate surface area is 107 Å². The summed E-state index contributed by atoms with van der Waals surface area (Å²) in [5.74, 6) is 0.00675. The quantitative estimate of drug-likeness (QED) is 0.872. The molecule has 0 saturated carbocycles. The second-order valence-corrected chi connectivity index (χ2v) is 4.58. The van der Waals surface area contributed by atoms with Gasteiger partial charge in [-0.05, 0) is 37.1 Å². The summed E-state index contributed by atoms with van der Waals surface area (Å²) in [6, 6.07) is 5.76. The molecule has 1 fully saturated rings. The molecule has 1 saturated heterocycles. The highest BCUT2D eigenvalue weighted by Crippen LogP contribution is 2.41. The van der Waals surface area contributed by atoms with Crippen LogP contribution >= 0.6 is 0 Å². The lowest BCUT2D eigenvalue weighted by Crippen LogP contribution is -2.42. The van der Waals surface area contributed by atoms with Crippen molar-refractivity contribution in [3.05, 3.63) is 29.3 Å². The van der Waals surface area contributed by atoms with Gasteiger partial charge in [0.25, 0.3) is 0 Å². The van der Waals surface area contributed by atoms with Crippen molar-refractivity contribution in [2.24, 2.45) is 0 Å². The van der Waals surface area contributed by atoms with Crippen LogP contribution in [-0.2, 0) is 15.1 Å². The molecule has 4 heteroatoms. The maximum absolute atomic E-state index is 10.9. The van der Waals surface area contributed by atoms with E-state index in [-0.39, 0.29) is 6.42 Å². The molecular weight excluding hydrogens is 232 g/mol. The van der Waals surface area contributed by atoms with Gasteiger partial charge in [0.2, 0.25) is 0 Å². The maximum Gasteiger partial charge on any atom is 0.306 e. The highest BCUT2D eigenvalue weighted by molar-refractivity contribution is 5.69. The Morgan fingerprint density at radius 3 is 2.72 bits per heavy atom. The summed E-state index contributed by atoms with van der Waals surface area (Å²) in [6.45, 7) is 5.15. The molecule has 1 aromatic carbocycles. The smallest absolute Gasteiger partial charge is 0.306 e. The second kappa shape index (κ2) is 4.98. The molecule has 1 N–H and O–H groups in total. The minimum atomic E-state index is -0.832. The molecule has 0 bridgehead atoms. The number of rotatable bonds is 5. The summed E-state index contributed by atoms with van der Waals surface area (Å²) in [4.78, 5) is 10.9. The zero-order valence-electron chi connectivity index (χ0n) is 10.7. The third kappa shape index (κ3) is 2.34. The van der Waals surface area contributed by atoms with Crippen LogP contribution in [0.4, 0.5) is 0 Å². The van der Waals surface area contributed by atoms with Crippen molar-refractivity contribution < 1.29 is 19.4 Å². The lowest BCUT2D eigenvalue weighted by Gasteiger charge is -2.41. The average Bonchev–Trinajstić information content (AvgIpc) is 2.26. The van der Waals surface area contributed by atoms with E-state index in [1.165, 1.54) is 0 Å². The summed E-state index contributed by atoms with van der Waals surface area (Å²) in [5.41, 5.74) is 1.30. The zero-order chi connectivity index (χ0) is 13.2. The van der Waals surface area contributed by atoms with E-state index >= 15 is 0 Å². The Morgan fingerprint density at radius 1 is 1.56 bits per heavy atom. The van der Waals surface area contributed by atoms with Crippen LogP contribution in [0.15, 0.2) is 18.2 Å².